The fourth-order valence-corrected chi connectivity index (χ4v) is 3.32. The molecule has 1 N–H and O–H groups in total. The maximum atomic E-state index is 10.3. The Balaban J connectivity index is 2.13. The van der Waals surface area contributed by atoms with Gasteiger partial charge in [0.15, 0.2) is 0 Å². The molecule has 15 heavy (non-hydrogen) atoms. The number of aryl methyl sites for hydroxylation is 2. The molecule has 1 saturated heterocycles. The third-order valence-electron chi connectivity index (χ3n) is 3.19. The average molecular weight is 222 g/mol. The van der Waals surface area contributed by atoms with Crippen molar-refractivity contribution in [1.29, 1.82) is 0 Å². The number of benzene rings is 1. The number of thioether (sulfide) groups is 1. The average Bonchev–Trinajstić information content (AvgIpc) is 2.59. The van der Waals surface area contributed by atoms with Gasteiger partial charge in [-0.05, 0) is 42.7 Å². The Labute approximate surface area is 95.9 Å². The fraction of sp³-hybridized carbons (Fsp3) is 0.538. The van der Waals surface area contributed by atoms with Crippen LogP contribution in [0.15, 0.2) is 18.2 Å². The summed E-state index contributed by atoms with van der Waals surface area (Å²) in [7, 11) is 0. The molecule has 0 aliphatic carbocycles. The van der Waals surface area contributed by atoms with Gasteiger partial charge in [0.1, 0.15) is 0 Å². The van der Waals surface area contributed by atoms with Crippen molar-refractivity contribution < 1.29 is 5.11 Å². The lowest BCUT2D eigenvalue weighted by Gasteiger charge is -2.21. The summed E-state index contributed by atoms with van der Waals surface area (Å²) in [6.45, 7) is 4.26. The van der Waals surface area contributed by atoms with E-state index < -0.39 is 5.60 Å². The van der Waals surface area contributed by atoms with Crippen LogP contribution in [0, 0.1) is 13.8 Å². The molecular weight excluding hydrogens is 204 g/mol. The zero-order valence-electron chi connectivity index (χ0n) is 9.42. The first-order valence-electron chi connectivity index (χ1n) is 5.45. The Hall–Kier alpha value is -0.470. The van der Waals surface area contributed by atoms with Gasteiger partial charge in [0.25, 0.3) is 0 Å². The number of rotatable bonds is 2. The standard InChI is InChI=1S/C13H18OS/c1-10-3-4-12(7-11(10)2)8-13(14)5-6-15-9-13/h3-4,7,14H,5-6,8-9H2,1-2H3. The first kappa shape index (κ1) is 11.0. The molecule has 1 aliphatic heterocycles. The highest BCUT2D eigenvalue weighted by Crippen LogP contribution is 2.31. The highest BCUT2D eigenvalue weighted by Gasteiger charge is 2.31. The van der Waals surface area contributed by atoms with Crippen molar-refractivity contribution >= 4 is 11.8 Å². The second kappa shape index (κ2) is 4.18. The van der Waals surface area contributed by atoms with Crippen molar-refractivity contribution in [2.75, 3.05) is 11.5 Å². The molecule has 0 aromatic heterocycles. The predicted octanol–water partition coefficient (Wildman–Crippen LogP) is 2.71. The quantitative estimate of drug-likeness (QED) is 0.830. The molecule has 0 amide bonds. The summed E-state index contributed by atoms with van der Waals surface area (Å²) in [5.41, 5.74) is 3.46. The third kappa shape index (κ3) is 2.56. The predicted molar refractivity (Wildman–Crippen MR) is 66.5 cm³/mol. The lowest BCUT2D eigenvalue weighted by Crippen LogP contribution is -2.30. The molecule has 1 unspecified atom stereocenters. The molecule has 1 nitrogen and oxygen atoms in total. The summed E-state index contributed by atoms with van der Waals surface area (Å²) in [6.07, 6.45) is 1.74. The zero-order valence-corrected chi connectivity index (χ0v) is 10.2. The van der Waals surface area contributed by atoms with Gasteiger partial charge < -0.3 is 5.11 Å². The van der Waals surface area contributed by atoms with Crippen LogP contribution in [-0.2, 0) is 6.42 Å². The molecule has 0 bridgehead atoms. The first-order valence-corrected chi connectivity index (χ1v) is 6.61. The molecule has 82 valence electrons. The lowest BCUT2D eigenvalue weighted by molar-refractivity contribution is 0.0686. The molecule has 1 heterocycles. The normalized spacial score (nSPS) is 25.8. The van der Waals surface area contributed by atoms with Crippen LogP contribution < -0.4 is 0 Å². The minimum Gasteiger partial charge on any atom is -0.389 e. The summed E-state index contributed by atoms with van der Waals surface area (Å²) in [4.78, 5) is 0. The molecule has 1 aliphatic rings. The molecule has 1 fully saturated rings. The zero-order chi connectivity index (χ0) is 10.9. The van der Waals surface area contributed by atoms with Crippen molar-refractivity contribution in [3.05, 3.63) is 34.9 Å². The van der Waals surface area contributed by atoms with E-state index in [1.807, 2.05) is 11.8 Å². The van der Waals surface area contributed by atoms with E-state index in [0.29, 0.717) is 0 Å². The SMILES string of the molecule is Cc1ccc(CC2(O)CCSC2)cc1C. The van der Waals surface area contributed by atoms with Gasteiger partial charge in [0.05, 0.1) is 5.60 Å². The summed E-state index contributed by atoms with van der Waals surface area (Å²) in [6, 6.07) is 6.50. The van der Waals surface area contributed by atoms with Crippen molar-refractivity contribution in [2.45, 2.75) is 32.3 Å². The molecule has 1 atom stereocenters. The first-order chi connectivity index (χ1) is 7.09. The lowest BCUT2D eigenvalue weighted by atomic mass is 9.92. The summed E-state index contributed by atoms with van der Waals surface area (Å²) in [5.74, 6) is 1.99. The van der Waals surface area contributed by atoms with E-state index in [4.69, 9.17) is 0 Å². The Morgan fingerprint density at radius 1 is 1.33 bits per heavy atom. The van der Waals surface area contributed by atoms with Crippen LogP contribution in [-0.4, -0.2) is 22.2 Å². The molecule has 0 spiro atoms. The maximum Gasteiger partial charge on any atom is 0.0785 e. The van der Waals surface area contributed by atoms with Crippen LogP contribution >= 0.6 is 11.8 Å². The molecule has 0 saturated carbocycles. The fourth-order valence-electron chi connectivity index (χ4n) is 2.03. The van der Waals surface area contributed by atoms with E-state index in [2.05, 4.69) is 32.0 Å². The van der Waals surface area contributed by atoms with Gasteiger partial charge in [0, 0.05) is 12.2 Å². The van der Waals surface area contributed by atoms with Gasteiger partial charge in [-0.2, -0.15) is 11.8 Å². The smallest absolute Gasteiger partial charge is 0.0785 e. The van der Waals surface area contributed by atoms with Crippen molar-refractivity contribution in [1.82, 2.24) is 0 Å². The summed E-state index contributed by atoms with van der Waals surface area (Å²) >= 11 is 1.86. The minimum absolute atomic E-state index is 0.452. The van der Waals surface area contributed by atoms with Gasteiger partial charge >= 0.3 is 0 Å². The van der Waals surface area contributed by atoms with Gasteiger partial charge in [-0.3, -0.25) is 0 Å². The maximum absolute atomic E-state index is 10.3. The highest BCUT2D eigenvalue weighted by molar-refractivity contribution is 7.99. The van der Waals surface area contributed by atoms with Gasteiger partial charge in [-0.25, -0.2) is 0 Å². The second-order valence-electron chi connectivity index (χ2n) is 4.62. The molecule has 2 heteroatoms. The Bertz CT molecular complexity index is 354. The minimum atomic E-state index is -0.452. The van der Waals surface area contributed by atoms with E-state index >= 15 is 0 Å². The van der Waals surface area contributed by atoms with Crippen LogP contribution in [0.5, 0.6) is 0 Å². The molecule has 0 radical (unpaired) electrons. The van der Waals surface area contributed by atoms with E-state index in [-0.39, 0.29) is 0 Å². The van der Waals surface area contributed by atoms with E-state index in [0.717, 1.165) is 24.3 Å². The number of hydrogen-bond donors (Lipinski definition) is 1. The van der Waals surface area contributed by atoms with Crippen molar-refractivity contribution in [3.8, 4) is 0 Å². The second-order valence-corrected chi connectivity index (χ2v) is 5.73. The van der Waals surface area contributed by atoms with Gasteiger partial charge in [-0.15, -0.1) is 0 Å². The number of aliphatic hydroxyl groups is 1. The molecule has 1 aromatic carbocycles. The molecule has 1 aromatic rings. The van der Waals surface area contributed by atoms with E-state index in [1.54, 1.807) is 0 Å². The Morgan fingerprint density at radius 3 is 2.73 bits per heavy atom. The topological polar surface area (TPSA) is 20.2 Å². The van der Waals surface area contributed by atoms with Crippen LogP contribution in [0.2, 0.25) is 0 Å². The molecule has 2 rings (SSSR count). The Kier molecular flexibility index (Phi) is 3.08. The van der Waals surface area contributed by atoms with E-state index in [9.17, 15) is 5.11 Å². The highest BCUT2D eigenvalue weighted by atomic mass is 32.2. The third-order valence-corrected chi connectivity index (χ3v) is 4.42. The number of hydrogen-bond acceptors (Lipinski definition) is 2. The van der Waals surface area contributed by atoms with Gasteiger partial charge in [-0.1, -0.05) is 18.2 Å². The van der Waals surface area contributed by atoms with Crippen LogP contribution in [0.25, 0.3) is 0 Å². The van der Waals surface area contributed by atoms with E-state index in [1.165, 1.54) is 16.7 Å². The largest absolute Gasteiger partial charge is 0.389 e. The summed E-state index contributed by atoms with van der Waals surface area (Å²) in [5, 5.41) is 10.3. The Morgan fingerprint density at radius 2 is 2.13 bits per heavy atom. The molecular formula is C13H18OS. The summed E-state index contributed by atoms with van der Waals surface area (Å²) < 4.78 is 0. The van der Waals surface area contributed by atoms with Crippen molar-refractivity contribution in [2.24, 2.45) is 0 Å². The van der Waals surface area contributed by atoms with Crippen LogP contribution in [0.4, 0.5) is 0 Å². The van der Waals surface area contributed by atoms with Crippen LogP contribution in [0.1, 0.15) is 23.1 Å². The van der Waals surface area contributed by atoms with Crippen LogP contribution in [0.3, 0.4) is 0 Å². The monoisotopic (exact) mass is 222 g/mol. The van der Waals surface area contributed by atoms with Gasteiger partial charge in [0.2, 0.25) is 0 Å². The van der Waals surface area contributed by atoms with Crippen molar-refractivity contribution in [3.63, 3.8) is 0 Å².